The second-order valence-electron chi connectivity index (χ2n) is 7.54. The first kappa shape index (κ1) is 21.0. The zero-order valence-electron chi connectivity index (χ0n) is 17.1. The molecule has 0 radical (unpaired) electrons. The van der Waals surface area contributed by atoms with E-state index < -0.39 is 11.8 Å². The Kier molecular flexibility index (Phi) is 6.94. The molecule has 2 N–H and O–H groups in total. The van der Waals surface area contributed by atoms with Crippen LogP contribution in [0.15, 0.2) is 12.1 Å². The summed E-state index contributed by atoms with van der Waals surface area (Å²) in [6.07, 6.45) is 1.69. The largest absolute Gasteiger partial charge is 0.493 e. The van der Waals surface area contributed by atoms with E-state index in [1.807, 2.05) is 26.0 Å². The zero-order valence-corrected chi connectivity index (χ0v) is 17.1. The number of benzene rings is 1. The summed E-state index contributed by atoms with van der Waals surface area (Å²) >= 11 is 0. The standard InChI is InChI=1S/C19H29NO4.C2H6/c1-12(2)7-14-11-20-6-5-13-8-17(23-3)18(24-4)9-15(13)19(20,22)10-16(14)21;1-2/h8-9,12,14,16,21-22H,5-7,10-11H2,1-4H3;1-2H3. The molecule has 3 rings (SSSR count). The molecule has 2 aliphatic rings. The number of hydrogen-bond acceptors (Lipinski definition) is 5. The van der Waals surface area contributed by atoms with Crippen molar-refractivity contribution in [3.8, 4) is 11.5 Å². The van der Waals surface area contributed by atoms with Crippen molar-refractivity contribution in [3.05, 3.63) is 23.3 Å². The summed E-state index contributed by atoms with van der Waals surface area (Å²) in [6.45, 7) is 9.87. The lowest BCUT2D eigenvalue weighted by atomic mass is 9.77. The smallest absolute Gasteiger partial charge is 0.161 e. The topological polar surface area (TPSA) is 62.2 Å². The van der Waals surface area contributed by atoms with Gasteiger partial charge in [-0.1, -0.05) is 27.7 Å². The molecule has 1 saturated heterocycles. The fraction of sp³-hybridized carbons (Fsp3) is 0.714. The van der Waals surface area contributed by atoms with E-state index in [9.17, 15) is 10.2 Å². The first-order chi connectivity index (χ1) is 12.4. The molecule has 2 heterocycles. The number of rotatable bonds is 4. The third-order valence-electron chi connectivity index (χ3n) is 5.48. The van der Waals surface area contributed by atoms with Crippen molar-refractivity contribution < 1.29 is 19.7 Å². The summed E-state index contributed by atoms with van der Waals surface area (Å²) in [4.78, 5) is 2.13. The van der Waals surface area contributed by atoms with E-state index in [1.54, 1.807) is 14.2 Å². The number of ether oxygens (including phenoxy) is 2. The summed E-state index contributed by atoms with van der Waals surface area (Å²) < 4.78 is 10.8. The fourth-order valence-corrected chi connectivity index (χ4v) is 4.29. The quantitative estimate of drug-likeness (QED) is 0.858. The summed E-state index contributed by atoms with van der Waals surface area (Å²) in [5, 5.41) is 22.1. The van der Waals surface area contributed by atoms with Crippen molar-refractivity contribution >= 4 is 0 Å². The van der Waals surface area contributed by atoms with Gasteiger partial charge in [0.05, 0.1) is 20.3 Å². The van der Waals surface area contributed by atoms with Crippen molar-refractivity contribution in [2.24, 2.45) is 11.8 Å². The van der Waals surface area contributed by atoms with Gasteiger partial charge in [0.25, 0.3) is 0 Å². The fourth-order valence-electron chi connectivity index (χ4n) is 4.29. The van der Waals surface area contributed by atoms with Crippen LogP contribution in [0, 0.1) is 11.8 Å². The lowest BCUT2D eigenvalue weighted by Gasteiger charge is -2.51. The highest BCUT2D eigenvalue weighted by molar-refractivity contribution is 5.50. The average molecular weight is 366 g/mol. The Morgan fingerprint density at radius 3 is 2.38 bits per heavy atom. The van der Waals surface area contributed by atoms with E-state index in [4.69, 9.17) is 9.47 Å². The van der Waals surface area contributed by atoms with Gasteiger partial charge < -0.3 is 19.7 Å². The van der Waals surface area contributed by atoms with Gasteiger partial charge in [0.2, 0.25) is 0 Å². The van der Waals surface area contributed by atoms with Crippen LogP contribution in [0.5, 0.6) is 11.5 Å². The number of nitrogens with zero attached hydrogens (tertiary/aromatic N) is 1. The molecule has 0 saturated carbocycles. The minimum Gasteiger partial charge on any atom is -0.493 e. The minimum absolute atomic E-state index is 0.215. The third-order valence-corrected chi connectivity index (χ3v) is 5.48. The van der Waals surface area contributed by atoms with Crippen LogP contribution < -0.4 is 9.47 Å². The molecule has 0 aromatic heterocycles. The van der Waals surface area contributed by atoms with Crippen LogP contribution in [0.1, 0.15) is 51.7 Å². The van der Waals surface area contributed by atoms with E-state index in [0.717, 1.165) is 37.1 Å². The van der Waals surface area contributed by atoms with Gasteiger partial charge in [-0.3, -0.25) is 4.90 Å². The Balaban J connectivity index is 0.00000117. The molecule has 1 aromatic carbocycles. The number of methoxy groups -OCH3 is 2. The molecule has 3 atom stereocenters. The number of aliphatic hydroxyl groups excluding tert-OH is 1. The maximum Gasteiger partial charge on any atom is 0.161 e. The third kappa shape index (κ3) is 3.85. The normalized spacial score (nSPS) is 27.9. The highest BCUT2D eigenvalue weighted by atomic mass is 16.5. The van der Waals surface area contributed by atoms with E-state index in [-0.39, 0.29) is 5.92 Å². The molecular formula is C21H35NO4. The Hall–Kier alpha value is -1.30. The zero-order chi connectivity index (χ0) is 19.5. The second kappa shape index (κ2) is 8.59. The molecule has 0 aliphatic carbocycles. The van der Waals surface area contributed by atoms with Crippen molar-refractivity contribution in [2.75, 3.05) is 27.3 Å². The van der Waals surface area contributed by atoms with Crippen molar-refractivity contribution in [3.63, 3.8) is 0 Å². The minimum atomic E-state index is -1.12. The van der Waals surface area contributed by atoms with E-state index >= 15 is 0 Å². The number of fused-ring (bicyclic) bond motifs is 3. The second-order valence-corrected chi connectivity index (χ2v) is 7.54. The van der Waals surface area contributed by atoms with E-state index in [2.05, 4.69) is 18.7 Å². The van der Waals surface area contributed by atoms with Gasteiger partial charge in [-0.05, 0) is 42.4 Å². The van der Waals surface area contributed by atoms with Crippen LogP contribution in [0.25, 0.3) is 0 Å². The summed E-state index contributed by atoms with van der Waals surface area (Å²) in [7, 11) is 3.22. The molecule has 5 heteroatoms. The van der Waals surface area contributed by atoms with Gasteiger partial charge in [0, 0.05) is 25.1 Å². The van der Waals surface area contributed by atoms with E-state index in [0.29, 0.717) is 23.8 Å². The molecule has 148 valence electrons. The van der Waals surface area contributed by atoms with Crippen molar-refractivity contribution in [1.82, 2.24) is 4.90 Å². The Labute approximate surface area is 157 Å². The Morgan fingerprint density at radius 1 is 1.19 bits per heavy atom. The van der Waals surface area contributed by atoms with Crippen LogP contribution in [0.2, 0.25) is 0 Å². The molecule has 0 bridgehead atoms. The van der Waals surface area contributed by atoms with Crippen molar-refractivity contribution in [2.45, 2.75) is 58.8 Å². The number of hydrogen-bond donors (Lipinski definition) is 2. The first-order valence-electron chi connectivity index (χ1n) is 9.80. The van der Waals surface area contributed by atoms with Crippen LogP contribution in [-0.2, 0) is 12.1 Å². The summed E-state index contributed by atoms with van der Waals surface area (Å²) in [6, 6.07) is 3.83. The highest BCUT2D eigenvalue weighted by Crippen LogP contribution is 2.46. The van der Waals surface area contributed by atoms with Gasteiger partial charge >= 0.3 is 0 Å². The predicted octanol–water partition coefficient (Wildman–Crippen LogP) is 3.16. The van der Waals surface area contributed by atoms with Crippen molar-refractivity contribution in [1.29, 1.82) is 0 Å². The maximum absolute atomic E-state index is 11.4. The molecule has 0 amide bonds. The van der Waals surface area contributed by atoms with Crippen LogP contribution >= 0.6 is 0 Å². The van der Waals surface area contributed by atoms with Crippen LogP contribution in [0.3, 0.4) is 0 Å². The summed E-state index contributed by atoms with van der Waals surface area (Å²) in [5.74, 6) is 2.05. The molecule has 1 aromatic rings. The molecular weight excluding hydrogens is 330 g/mol. The SMILES string of the molecule is CC.COc1cc2c(cc1OC)C1(O)CC(O)C(CC(C)C)CN1CC2. The lowest BCUT2D eigenvalue weighted by molar-refractivity contribution is -0.191. The summed E-state index contributed by atoms with van der Waals surface area (Å²) in [5.41, 5.74) is 0.786. The molecule has 0 spiro atoms. The number of piperidine rings is 1. The molecule has 2 aliphatic heterocycles. The lowest BCUT2D eigenvalue weighted by Crippen LogP contribution is -2.59. The predicted molar refractivity (Wildman–Crippen MR) is 104 cm³/mol. The molecule has 5 nitrogen and oxygen atoms in total. The highest BCUT2D eigenvalue weighted by Gasteiger charge is 2.48. The van der Waals surface area contributed by atoms with Gasteiger partial charge in [0.15, 0.2) is 11.5 Å². The van der Waals surface area contributed by atoms with Gasteiger partial charge in [0.1, 0.15) is 5.72 Å². The van der Waals surface area contributed by atoms with Crippen LogP contribution in [0.4, 0.5) is 0 Å². The van der Waals surface area contributed by atoms with Gasteiger partial charge in [-0.25, -0.2) is 0 Å². The monoisotopic (exact) mass is 365 g/mol. The maximum atomic E-state index is 11.4. The van der Waals surface area contributed by atoms with Gasteiger partial charge in [-0.15, -0.1) is 0 Å². The van der Waals surface area contributed by atoms with Gasteiger partial charge in [-0.2, -0.15) is 0 Å². The molecule has 3 unspecified atom stereocenters. The van der Waals surface area contributed by atoms with Crippen LogP contribution in [-0.4, -0.2) is 48.5 Å². The first-order valence-corrected chi connectivity index (χ1v) is 9.80. The number of aliphatic hydroxyl groups is 2. The average Bonchev–Trinajstić information content (AvgIpc) is 2.63. The Bertz CT molecular complexity index is 604. The van der Waals surface area contributed by atoms with E-state index in [1.165, 1.54) is 0 Å². The Morgan fingerprint density at radius 2 is 1.81 bits per heavy atom. The molecule has 1 fully saturated rings. The molecule has 26 heavy (non-hydrogen) atoms.